The molecule has 0 spiro atoms. The van der Waals surface area contributed by atoms with Gasteiger partial charge in [-0.3, -0.25) is 9.78 Å². The predicted octanol–water partition coefficient (Wildman–Crippen LogP) is 2.53. The number of anilines is 1. The molecule has 1 saturated carbocycles. The Kier molecular flexibility index (Phi) is 5.74. The maximum atomic E-state index is 12.0. The lowest BCUT2D eigenvalue weighted by molar-refractivity contribution is -0.00661. The van der Waals surface area contributed by atoms with Crippen molar-refractivity contribution in [2.24, 2.45) is 13.0 Å². The number of aliphatic hydroxyl groups is 1. The van der Waals surface area contributed by atoms with Gasteiger partial charge in [0.25, 0.3) is 0 Å². The number of H-pyrrole nitrogens is 1. The van der Waals surface area contributed by atoms with Gasteiger partial charge in [-0.15, -0.1) is 0 Å². The van der Waals surface area contributed by atoms with E-state index in [1.54, 1.807) is 21.8 Å². The molecular formula is C26H30N8O2. The molecule has 5 heterocycles. The maximum absolute atomic E-state index is 12.0. The van der Waals surface area contributed by atoms with Crippen molar-refractivity contribution in [2.75, 3.05) is 24.7 Å². The van der Waals surface area contributed by atoms with Crippen LogP contribution in [0.4, 0.5) is 5.82 Å². The van der Waals surface area contributed by atoms with Crippen molar-refractivity contribution in [3.05, 3.63) is 48.0 Å². The van der Waals surface area contributed by atoms with Crippen molar-refractivity contribution < 1.29 is 9.84 Å². The number of pyridine rings is 1. The van der Waals surface area contributed by atoms with Crippen LogP contribution in [0.1, 0.15) is 43.9 Å². The summed E-state index contributed by atoms with van der Waals surface area (Å²) in [6.45, 7) is 4.18. The number of aryl methyl sites for hydroxylation is 1. The molecule has 10 nitrogen and oxygen atoms in total. The lowest BCUT2D eigenvalue weighted by atomic mass is 9.75. The van der Waals surface area contributed by atoms with Crippen molar-refractivity contribution in [1.82, 2.24) is 34.7 Å². The minimum Gasteiger partial charge on any atom is -0.385 e. The Morgan fingerprint density at radius 1 is 1.22 bits per heavy atom. The fourth-order valence-corrected chi connectivity index (χ4v) is 5.29. The first-order valence-electron chi connectivity index (χ1n) is 12.5. The van der Waals surface area contributed by atoms with Gasteiger partial charge in [-0.2, -0.15) is 20.0 Å². The Hall–Kier alpha value is -3.68. The number of hydrogen-bond donors (Lipinski definition) is 2. The molecule has 1 aliphatic heterocycles. The highest BCUT2D eigenvalue weighted by Crippen LogP contribution is 2.43. The summed E-state index contributed by atoms with van der Waals surface area (Å²) in [5.74, 6) is 8.29. The van der Waals surface area contributed by atoms with E-state index in [0.717, 1.165) is 41.8 Å². The van der Waals surface area contributed by atoms with Crippen molar-refractivity contribution in [1.29, 1.82) is 0 Å². The highest BCUT2D eigenvalue weighted by molar-refractivity contribution is 5.83. The van der Waals surface area contributed by atoms with E-state index in [2.05, 4.69) is 50.1 Å². The zero-order chi connectivity index (χ0) is 24.7. The van der Waals surface area contributed by atoms with E-state index in [1.165, 1.54) is 0 Å². The molecule has 0 amide bonds. The molecule has 36 heavy (non-hydrogen) atoms. The van der Waals surface area contributed by atoms with Crippen molar-refractivity contribution in [3.63, 3.8) is 0 Å². The molecule has 10 heteroatoms. The number of fused-ring (bicyclic) bond motifs is 1. The molecule has 186 valence electrons. The van der Waals surface area contributed by atoms with E-state index < -0.39 is 5.60 Å². The largest absolute Gasteiger partial charge is 0.385 e. The summed E-state index contributed by atoms with van der Waals surface area (Å²) >= 11 is 0. The first-order chi connectivity index (χ1) is 17.5. The van der Waals surface area contributed by atoms with E-state index in [-0.39, 0.29) is 12.0 Å². The second kappa shape index (κ2) is 9.08. The Labute approximate surface area is 209 Å². The molecule has 1 atom stereocenters. The molecule has 2 fully saturated rings. The van der Waals surface area contributed by atoms with Crippen LogP contribution in [0.15, 0.2) is 36.8 Å². The number of aromatic amines is 1. The van der Waals surface area contributed by atoms with Gasteiger partial charge in [-0.05, 0) is 56.2 Å². The van der Waals surface area contributed by atoms with Crippen molar-refractivity contribution in [2.45, 2.75) is 44.2 Å². The Morgan fingerprint density at radius 3 is 2.81 bits per heavy atom. The van der Waals surface area contributed by atoms with Gasteiger partial charge in [0, 0.05) is 43.4 Å². The Balaban J connectivity index is 1.35. The van der Waals surface area contributed by atoms with Crippen LogP contribution in [-0.4, -0.2) is 65.6 Å². The predicted molar refractivity (Wildman–Crippen MR) is 135 cm³/mol. The van der Waals surface area contributed by atoms with Gasteiger partial charge in [0.05, 0.1) is 31.1 Å². The summed E-state index contributed by atoms with van der Waals surface area (Å²) < 4.78 is 9.15. The summed E-state index contributed by atoms with van der Waals surface area (Å²) in [4.78, 5) is 7.26. The Morgan fingerprint density at radius 2 is 2.08 bits per heavy atom. The average molecular weight is 487 g/mol. The van der Waals surface area contributed by atoms with E-state index in [9.17, 15) is 5.11 Å². The average Bonchev–Trinajstić information content (AvgIpc) is 3.64. The molecule has 0 unspecified atom stereocenters. The van der Waals surface area contributed by atoms with Gasteiger partial charge in [-0.1, -0.05) is 5.92 Å². The molecule has 0 radical (unpaired) electrons. The summed E-state index contributed by atoms with van der Waals surface area (Å²) in [7, 11) is 1.89. The highest BCUT2D eigenvalue weighted by atomic mass is 16.5. The quantitative estimate of drug-likeness (QED) is 0.428. The van der Waals surface area contributed by atoms with Crippen molar-refractivity contribution >= 4 is 16.9 Å². The lowest BCUT2D eigenvalue weighted by Gasteiger charge is -2.37. The second-order valence-electron chi connectivity index (χ2n) is 9.82. The van der Waals surface area contributed by atoms with Gasteiger partial charge < -0.3 is 14.7 Å². The van der Waals surface area contributed by atoms with Crippen LogP contribution in [0.3, 0.4) is 0 Å². The topological polar surface area (TPSA) is 110 Å². The zero-order valence-electron chi connectivity index (χ0n) is 20.6. The molecular weight excluding hydrogens is 456 g/mol. The lowest BCUT2D eigenvalue weighted by Crippen LogP contribution is -2.44. The van der Waals surface area contributed by atoms with Crippen LogP contribution in [0.5, 0.6) is 0 Å². The molecule has 4 aromatic heterocycles. The molecule has 1 aliphatic carbocycles. The molecule has 0 aromatic carbocycles. The fourth-order valence-electron chi connectivity index (χ4n) is 5.29. The summed E-state index contributed by atoms with van der Waals surface area (Å²) in [6.07, 6.45) is 8.34. The number of rotatable bonds is 3. The standard InChI is InChI=1S/C26H30N8O2/c1-18-17-36-14-13-33(18)24-15-22(21-16-28-34(25(21)29-24)23-7-11-27-30-23)26(35)9-5-19(6-10-26)3-4-20-8-12-32(2)31-20/h7-8,11-12,15-16,18-19,35H,5-6,9-10,13-14,17H2,1-2H3,(H,27,30)/t18-,19?,26?/m1/s1. The smallest absolute Gasteiger partial charge is 0.177 e. The number of nitrogens with zero attached hydrogens (tertiary/aromatic N) is 7. The minimum atomic E-state index is -0.978. The van der Waals surface area contributed by atoms with E-state index in [1.807, 2.05) is 25.4 Å². The van der Waals surface area contributed by atoms with Gasteiger partial charge in [0.15, 0.2) is 11.5 Å². The highest BCUT2D eigenvalue weighted by Gasteiger charge is 2.37. The minimum absolute atomic E-state index is 0.186. The number of ether oxygens (including phenoxy) is 1. The monoisotopic (exact) mass is 486 g/mol. The van der Waals surface area contributed by atoms with Gasteiger partial charge in [0.2, 0.25) is 0 Å². The molecule has 2 N–H and O–H groups in total. The summed E-state index contributed by atoms with van der Waals surface area (Å²) in [5, 5.41) is 28.9. The van der Waals surface area contributed by atoms with E-state index in [4.69, 9.17) is 9.72 Å². The van der Waals surface area contributed by atoms with E-state index >= 15 is 0 Å². The summed E-state index contributed by atoms with van der Waals surface area (Å²) in [5.41, 5.74) is 1.37. The first-order valence-corrected chi connectivity index (χ1v) is 12.5. The molecule has 4 aromatic rings. The van der Waals surface area contributed by atoms with Crippen LogP contribution in [-0.2, 0) is 17.4 Å². The normalized spacial score (nSPS) is 24.6. The van der Waals surface area contributed by atoms with E-state index in [0.29, 0.717) is 37.5 Å². The third-order valence-corrected chi connectivity index (χ3v) is 7.32. The van der Waals surface area contributed by atoms with Crippen LogP contribution >= 0.6 is 0 Å². The molecule has 1 saturated heterocycles. The van der Waals surface area contributed by atoms with Gasteiger partial charge in [0.1, 0.15) is 11.5 Å². The molecule has 0 bridgehead atoms. The van der Waals surface area contributed by atoms with Crippen LogP contribution in [0.25, 0.3) is 16.9 Å². The number of morpholine rings is 1. The maximum Gasteiger partial charge on any atom is 0.177 e. The first kappa shape index (κ1) is 22.8. The number of hydrogen-bond acceptors (Lipinski definition) is 7. The third kappa shape index (κ3) is 4.14. The van der Waals surface area contributed by atoms with Crippen LogP contribution < -0.4 is 4.90 Å². The summed E-state index contributed by atoms with van der Waals surface area (Å²) in [6, 6.07) is 6.02. The second-order valence-corrected chi connectivity index (χ2v) is 9.82. The molecule has 2 aliphatic rings. The van der Waals surface area contributed by atoms with Crippen molar-refractivity contribution in [3.8, 4) is 17.7 Å². The third-order valence-electron chi connectivity index (χ3n) is 7.32. The zero-order valence-corrected chi connectivity index (χ0v) is 20.6. The SMILES string of the molecule is C[C@@H]1COCCN1c1cc(C2(O)CCC(C#Cc3ccn(C)n3)CC2)c2cnn(-c3cc[nH]n3)c2n1. The molecule has 6 rings (SSSR count). The number of aromatic nitrogens is 7. The Bertz CT molecular complexity index is 1420. The van der Waals surface area contributed by atoms with Gasteiger partial charge in [-0.25, -0.2) is 4.98 Å². The number of nitrogens with one attached hydrogen (secondary N) is 1. The fraction of sp³-hybridized carbons (Fsp3) is 0.462. The van der Waals surface area contributed by atoms with Crippen LogP contribution in [0.2, 0.25) is 0 Å². The van der Waals surface area contributed by atoms with Crippen LogP contribution in [0, 0.1) is 17.8 Å². The van der Waals surface area contributed by atoms with Gasteiger partial charge >= 0.3 is 0 Å².